The molecule has 0 aromatic heterocycles. The molecule has 3 atom stereocenters. The summed E-state index contributed by atoms with van der Waals surface area (Å²) in [4.78, 5) is 2.74. The van der Waals surface area contributed by atoms with Crippen molar-refractivity contribution in [2.75, 3.05) is 26.2 Å². The highest BCUT2D eigenvalue weighted by Crippen LogP contribution is 2.36. The summed E-state index contributed by atoms with van der Waals surface area (Å²) in [7, 11) is 0. The summed E-state index contributed by atoms with van der Waals surface area (Å²) in [5, 5.41) is 3.61. The molecule has 0 radical (unpaired) electrons. The van der Waals surface area contributed by atoms with Gasteiger partial charge in [-0.25, -0.2) is 0 Å². The highest BCUT2D eigenvalue weighted by Gasteiger charge is 2.32. The van der Waals surface area contributed by atoms with Crippen molar-refractivity contribution in [1.82, 2.24) is 10.2 Å². The Hall–Kier alpha value is -0.0800. The van der Waals surface area contributed by atoms with Crippen LogP contribution < -0.4 is 5.32 Å². The number of likely N-dealkylation sites (tertiary alicyclic amines) is 1. The van der Waals surface area contributed by atoms with Gasteiger partial charge in [0.05, 0.1) is 0 Å². The molecule has 1 aliphatic carbocycles. The van der Waals surface area contributed by atoms with Gasteiger partial charge in [-0.2, -0.15) is 0 Å². The summed E-state index contributed by atoms with van der Waals surface area (Å²) < 4.78 is 0. The fourth-order valence-electron chi connectivity index (χ4n) is 3.77. The maximum absolute atomic E-state index is 3.61. The highest BCUT2D eigenvalue weighted by atomic mass is 15.2. The van der Waals surface area contributed by atoms with Crippen molar-refractivity contribution in [2.45, 2.75) is 64.8 Å². The van der Waals surface area contributed by atoms with Gasteiger partial charge in [0, 0.05) is 19.1 Å². The Kier molecular flexibility index (Phi) is 5.97. The second-order valence-corrected chi connectivity index (χ2v) is 6.49. The lowest BCUT2D eigenvalue weighted by molar-refractivity contribution is 0.0618. The van der Waals surface area contributed by atoms with Crippen molar-refractivity contribution in [3.63, 3.8) is 0 Å². The number of nitrogens with one attached hydrogen (secondary N) is 1. The van der Waals surface area contributed by atoms with Crippen LogP contribution in [0.15, 0.2) is 0 Å². The van der Waals surface area contributed by atoms with Gasteiger partial charge in [0.15, 0.2) is 0 Å². The number of fused-ring (bicyclic) bond motifs is 1. The molecule has 1 heterocycles. The standard InChI is InChI=1S/C16H32N2/c1-3-4-10-17-12-14(2)18-11-9-15-7-5-6-8-16(15)13-18/h14-17H,3-13H2,1-2H3. The van der Waals surface area contributed by atoms with E-state index in [0.29, 0.717) is 0 Å². The third-order valence-corrected chi connectivity index (χ3v) is 5.09. The minimum Gasteiger partial charge on any atom is -0.315 e. The summed E-state index contributed by atoms with van der Waals surface area (Å²) in [5.74, 6) is 2.08. The monoisotopic (exact) mass is 252 g/mol. The molecule has 2 heteroatoms. The van der Waals surface area contributed by atoms with Gasteiger partial charge in [0.2, 0.25) is 0 Å². The average molecular weight is 252 g/mol. The van der Waals surface area contributed by atoms with Crippen molar-refractivity contribution >= 4 is 0 Å². The lowest BCUT2D eigenvalue weighted by Gasteiger charge is -2.43. The van der Waals surface area contributed by atoms with E-state index in [1.165, 1.54) is 71.1 Å². The second kappa shape index (κ2) is 7.49. The lowest BCUT2D eigenvalue weighted by atomic mass is 9.75. The van der Waals surface area contributed by atoms with Crippen LogP contribution in [0, 0.1) is 11.8 Å². The molecule has 2 fully saturated rings. The molecule has 0 amide bonds. The van der Waals surface area contributed by atoms with E-state index in [2.05, 4.69) is 24.1 Å². The van der Waals surface area contributed by atoms with Crippen LogP contribution in [0.3, 0.4) is 0 Å². The van der Waals surface area contributed by atoms with Crippen molar-refractivity contribution in [2.24, 2.45) is 11.8 Å². The molecule has 0 aromatic carbocycles. The van der Waals surface area contributed by atoms with Crippen molar-refractivity contribution < 1.29 is 0 Å². The summed E-state index contributed by atoms with van der Waals surface area (Å²) in [6.45, 7) is 9.76. The minimum atomic E-state index is 0.727. The molecule has 18 heavy (non-hydrogen) atoms. The SMILES string of the molecule is CCCCNCC(C)N1CCC2CCCCC2C1. The van der Waals surface area contributed by atoms with Crippen LogP contribution in [-0.4, -0.2) is 37.1 Å². The Labute approximate surface area is 114 Å². The van der Waals surface area contributed by atoms with E-state index in [0.717, 1.165) is 17.9 Å². The number of hydrogen-bond donors (Lipinski definition) is 1. The van der Waals surface area contributed by atoms with Crippen LogP contribution in [-0.2, 0) is 0 Å². The number of rotatable bonds is 6. The third kappa shape index (κ3) is 3.96. The molecular formula is C16H32N2. The molecule has 2 aliphatic rings. The second-order valence-electron chi connectivity index (χ2n) is 6.49. The number of hydrogen-bond acceptors (Lipinski definition) is 2. The Balaban J connectivity index is 1.69. The highest BCUT2D eigenvalue weighted by molar-refractivity contribution is 4.85. The Morgan fingerprint density at radius 2 is 1.94 bits per heavy atom. The van der Waals surface area contributed by atoms with E-state index in [4.69, 9.17) is 0 Å². The van der Waals surface area contributed by atoms with Gasteiger partial charge in [-0.1, -0.05) is 32.6 Å². The molecule has 1 saturated carbocycles. The fourth-order valence-corrected chi connectivity index (χ4v) is 3.77. The summed E-state index contributed by atoms with van der Waals surface area (Å²) >= 11 is 0. The zero-order valence-electron chi connectivity index (χ0n) is 12.5. The first kappa shape index (κ1) is 14.3. The maximum atomic E-state index is 3.61. The molecule has 3 unspecified atom stereocenters. The minimum absolute atomic E-state index is 0.727. The van der Waals surface area contributed by atoms with Crippen LogP contribution in [0.25, 0.3) is 0 Å². The molecule has 2 nitrogen and oxygen atoms in total. The molecule has 0 spiro atoms. The van der Waals surface area contributed by atoms with Gasteiger partial charge in [0.1, 0.15) is 0 Å². The average Bonchev–Trinajstić information content (AvgIpc) is 2.43. The van der Waals surface area contributed by atoms with Gasteiger partial charge < -0.3 is 5.32 Å². The predicted molar refractivity (Wildman–Crippen MR) is 78.9 cm³/mol. The topological polar surface area (TPSA) is 15.3 Å². The summed E-state index contributed by atoms with van der Waals surface area (Å²) in [6.07, 6.45) is 10.1. The van der Waals surface area contributed by atoms with Crippen LogP contribution in [0.4, 0.5) is 0 Å². The molecule has 2 rings (SSSR count). The fraction of sp³-hybridized carbons (Fsp3) is 1.00. The number of unbranched alkanes of at least 4 members (excludes halogenated alkanes) is 1. The van der Waals surface area contributed by atoms with Gasteiger partial charge in [-0.05, 0) is 51.1 Å². The van der Waals surface area contributed by atoms with E-state index < -0.39 is 0 Å². The van der Waals surface area contributed by atoms with Crippen molar-refractivity contribution in [3.8, 4) is 0 Å². The number of piperidine rings is 1. The largest absolute Gasteiger partial charge is 0.315 e. The van der Waals surface area contributed by atoms with E-state index in [1.807, 2.05) is 0 Å². The van der Waals surface area contributed by atoms with Gasteiger partial charge in [-0.15, -0.1) is 0 Å². The summed E-state index contributed by atoms with van der Waals surface area (Å²) in [5.41, 5.74) is 0. The predicted octanol–water partition coefficient (Wildman–Crippen LogP) is 3.28. The zero-order chi connectivity index (χ0) is 12.8. The Morgan fingerprint density at radius 3 is 2.72 bits per heavy atom. The maximum Gasteiger partial charge on any atom is 0.0192 e. The van der Waals surface area contributed by atoms with Crippen molar-refractivity contribution in [3.05, 3.63) is 0 Å². The number of nitrogens with zero attached hydrogens (tertiary/aromatic N) is 1. The van der Waals surface area contributed by atoms with Crippen LogP contribution >= 0.6 is 0 Å². The van der Waals surface area contributed by atoms with Gasteiger partial charge in [0.25, 0.3) is 0 Å². The first-order valence-corrected chi connectivity index (χ1v) is 8.26. The quantitative estimate of drug-likeness (QED) is 0.730. The summed E-state index contributed by atoms with van der Waals surface area (Å²) in [6, 6.07) is 0.727. The van der Waals surface area contributed by atoms with Crippen LogP contribution in [0.5, 0.6) is 0 Å². The lowest BCUT2D eigenvalue weighted by Crippen LogP contribution is -2.48. The van der Waals surface area contributed by atoms with E-state index >= 15 is 0 Å². The normalized spacial score (nSPS) is 31.0. The Morgan fingerprint density at radius 1 is 1.17 bits per heavy atom. The molecule has 1 aliphatic heterocycles. The van der Waals surface area contributed by atoms with Crippen LogP contribution in [0.2, 0.25) is 0 Å². The van der Waals surface area contributed by atoms with E-state index in [9.17, 15) is 0 Å². The van der Waals surface area contributed by atoms with Crippen molar-refractivity contribution in [1.29, 1.82) is 0 Å². The molecule has 1 saturated heterocycles. The first-order valence-electron chi connectivity index (χ1n) is 8.26. The van der Waals surface area contributed by atoms with Crippen LogP contribution in [0.1, 0.15) is 58.8 Å². The molecule has 106 valence electrons. The molecule has 0 bridgehead atoms. The molecule has 1 N–H and O–H groups in total. The Bertz CT molecular complexity index is 229. The van der Waals surface area contributed by atoms with E-state index in [-0.39, 0.29) is 0 Å². The van der Waals surface area contributed by atoms with E-state index in [1.54, 1.807) is 0 Å². The first-order chi connectivity index (χ1) is 8.81. The third-order valence-electron chi connectivity index (χ3n) is 5.09. The molecular weight excluding hydrogens is 220 g/mol. The van der Waals surface area contributed by atoms with Gasteiger partial charge >= 0.3 is 0 Å². The zero-order valence-corrected chi connectivity index (χ0v) is 12.5. The smallest absolute Gasteiger partial charge is 0.0192 e. The van der Waals surface area contributed by atoms with Gasteiger partial charge in [-0.3, -0.25) is 4.90 Å². The molecule has 0 aromatic rings.